The zero-order valence-electron chi connectivity index (χ0n) is 13.0. The average Bonchev–Trinajstić information content (AvgIpc) is 2.60. The molecule has 8 heteroatoms. The van der Waals surface area contributed by atoms with E-state index in [4.69, 9.17) is 27.8 Å². The van der Waals surface area contributed by atoms with Crippen LogP contribution in [0.4, 0.5) is 11.9 Å². The van der Waals surface area contributed by atoms with Crippen molar-refractivity contribution >= 4 is 29.3 Å². The molecule has 0 aliphatic carbocycles. The summed E-state index contributed by atoms with van der Waals surface area (Å²) in [7, 11) is 0. The quantitative estimate of drug-likeness (QED) is 0.675. The lowest BCUT2D eigenvalue weighted by molar-refractivity contribution is 0.103. The summed E-state index contributed by atoms with van der Waals surface area (Å²) < 4.78 is 5.57. The molecule has 3 aromatic rings. The maximum atomic E-state index is 12.4. The number of ketones is 1. The van der Waals surface area contributed by atoms with E-state index in [1.807, 2.05) is 0 Å². The van der Waals surface area contributed by atoms with E-state index in [9.17, 15) is 4.79 Å². The van der Waals surface area contributed by atoms with Gasteiger partial charge in [0.25, 0.3) is 0 Å². The van der Waals surface area contributed by atoms with E-state index in [1.165, 1.54) is 0 Å². The fourth-order valence-corrected chi connectivity index (χ4v) is 2.27. The van der Waals surface area contributed by atoms with Crippen LogP contribution in [0.25, 0.3) is 0 Å². The summed E-state index contributed by atoms with van der Waals surface area (Å²) in [5, 5.41) is 0.583. The van der Waals surface area contributed by atoms with Crippen LogP contribution >= 0.6 is 11.6 Å². The smallest absolute Gasteiger partial charge is 0.225 e. The molecule has 0 bridgehead atoms. The van der Waals surface area contributed by atoms with Crippen LogP contribution in [0, 0.1) is 0 Å². The Morgan fingerprint density at radius 1 is 0.880 bits per heavy atom. The molecule has 0 atom stereocenters. The van der Waals surface area contributed by atoms with Crippen molar-refractivity contribution in [2.24, 2.45) is 0 Å². The molecule has 0 spiro atoms. The number of anilines is 2. The van der Waals surface area contributed by atoms with Gasteiger partial charge in [-0.1, -0.05) is 11.6 Å². The van der Waals surface area contributed by atoms with Crippen LogP contribution in [0.1, 0.15) is 21.7 Å². The van der Waals surface area contributed by atoms with Crippen LogP contribution in [0.2, 0.25) is 5.02 Å². The number of ether oxygens (including phenoxy) is 1. The molecule has 0 fully saturated rings. The molecule has 0 unspecified atom stereocenters. The molecule has 0 amide bonds. The number of hydrogen-bond donors (Lipinski definition) is 2. The average molecular weight is 356 g/mol. The van der Waals surface area contributed by atoms with E-state index < -0.39 is 0 Å². The Hall–Kier alpha value is -3.19. The fourth-order valence-electron chi connectivity index (χ4n) is 2.14. The highest BCUT2D eigenvalue weighted by Crippen LogP contribution is 2.18. The maximum Gasteiger partial charge on any atom is 0.225 e. The maximum absolute atomic E-state index is 12.4. The van der Waals surface area contributed by atoms with Gasteiger partial charge in [-0.15, -0.1) is 0 Å². The number of rotatable bonds is 5. The van der Waals surface area contributed by atoms with Crippen molar-refractivity contribution in [3.05, 3.63) is 70.5 Å². The number of carbonyl (C=O) groups excluding carboxylic acids is 1. The Bertz CT molecular complexity index is 878. The predicted molar refractivity (Wildman–Crippen MR) is 94.3 cm³/mol. The number of aromatic nitrogens is 3. The first kappa shape index (κ1) is 16.7. The van der Waals surface area contributed by atoms with Gasteiger partial charge < -0.3 is 16.2 Å². The number of nitrogens with zero attached hydrogens (tertiary/aromatic N) is 3. The minimum absolute atomic E-state index is 0.0370. The molecule has 126 valence electrons. The summed E-state index contributed by atoms with van der Waals surface area (Å²) in [6.07, 6.45) is 0. The van der Waals surface area contributed by atoms with Crippen molar-refractivity contribution in [3.63, 3.8) is 0 Å². The van der Waals surface area contributed by atoms with Gasteiger partial charge >= 0.3 is 0 Å². The van der Waals surface area contributed by atoms with E-state index in [0.29, 0.717) is 27.7 Å². The van der Waals surface area contributed by atoms with E-state index in [1.54, 1.807) is 48.5 Å². The lowest BCUT2D eigenvalue weighted by Crippen LogP contribution is -2.09. The SMILES string of the molecule is Nc1nc(N)nc(COc2ccc(C(=O)c3ccc(Cl)cc3)cc2)n1. The van der Waals surface area contributed by atoms with Crippen LogP contribution in [-0.2, 0) is 6.61 Å². The third kappa shape index (κ3) is 4.21. The van der Waals surface area contributed by atoms with Gasteiger partial charge in [-0.3, -0.25) is 4.79 Å². The molecule has 7 nitrogen and oxygen atoms in total. The van der Waals surface area contributed by atoms with Crippen LogP contribution in [0.15, 0.2) is 48.5 Å². The molecule has 3 rings (SSSR count). The normalized spacial score (nSPS) is 10.4. The van der Waals surface area contributed by atoms with E-state index in [0.717, 1.165) is 0 Å². The van der Waals surface area contributed by atoms with Crippen molar-refractivity contribution in [3.8, 4) is 5.75 Å². The molecule has 25 heavy (non-hydrogen) atoms. The molecule has 0 saturated carbocycles. The molecule has 0 saturated heterocycles. The Balaban J connectivity index is 1.67. The monoisotopic (exact) mass is 355 g/mol. The zero-order valence-corrected chi connectivity index (χ0v) is 13.8. The van der Waals surface area contributed by atoms with Gasteiger partial charge in [0.2, 0.25) is 11.9 Å². The second kappa shape index (κ2) is 7.14. The fraction of sp³-hybridized carbons (Fsp3) is 0.0588. The van der Waals surface area contributed by atoms with Crippen molar-refractivity contribution in [1.82, 2.24) is 15.0 Å². The molecule has 2 aromatic carbocycles. The van der Waals surface area contributed by atoms with Crippen molar-refractivity contribution in [2.45, 2.75) is 6.61 Å². The van der Waals surface area contributed by atoms with E-state index >= 15 is 0 Å². The first-order valence-electron chi connectivity index (χ1n) is 7.30. The molecular weight excluding hydrogens is 342 g/mol. The summed E-state index contributed by atoms with van der Waals surface area (Å²) >= 11 is 5.83. The number of halogens is 1. The molecule has 1 aromatic heterocycles. The Labute approximate surface area is 148 Å². The van der Waals surface area contributed by atoms with Crippen LogP contribution in [0.3, 0.4) is 0 Å². The molecular formula is C17H14ClN5O2. The summed E-state index contributed by atoms with van der Waals surface area (Å²) in [5.74, 6) is 0.864. The first-order valence-corrected chi connectivity index (χ1v) is 7.68. The largest absolute Gasteiger partial charge is 0.486 e. The second-order valence-electron chi connectivity index (χ2n) is 5.12. The third-order valence-electron chi connectivity index (χ3n) is 3.31. The van der Waals surface area contributed by atoms with Crippen LogP contribution in [-0.4, -0.2) is 20.7 Å². The highest BCUT2D eigenvalue weighted by atomic mass is 35.5. The van der Waals surface area contributed by atoms with E-state index in [-0.39, 0.29) is 24.3 Å². The number of benzene rings is 2. The minimum atomic E-state index is -0.0961. The summed E-state index contributed by atoms with van der Waals surface area (Å²) in [4.78, 5) is 23.9. The Morgan fingerprint density at radius 2 is 1.40 bits per heavy atom. The molecule has 1 heterocycles. The second-order valence-corrected chi connectivity index (χ2v) is 5.55. The molecule has 0 radical (unpaired) electrons. The molecule has 0 aliphatic heterocycles. The summed E-state index contributed by atoms with van der Waals surface area (Å²) in [6, 6.07) is 13.5. The lowest BCUT2D eigenvalue weighted by atomic mass is 10.0. The molecule has 0 aliphatic rings. The standard InChI is InChI=1S/C17H14ClN5O2/c18-12-5-1-10(2-6-12)15(24)11-3-7-13(8-4-11)25-9-14-21-16(19)23-17(20)22-14/h1-8H,9H2,(H4,19,20,21,22,23). The lowest BCUT2D eigenvalue weighted by Gasteiger charge is -2.07. The highest BCUT2D eigenvalue weighted by Gasteiger charge is 2.09. The summed E-state index contributed by atoms with van der Waals surface area (Å²) in [6.45, 7) is 0.0847. The topological polar surface area (TPSA) is 117 Å². The number of nitrogen functional groups attached to an aromatic ring is 2. The van der Waals surface area contributed by atoms with Crippen molar-refractivity contribution in [2.75, 3.05) is 11.5 Å². The van der Waals surface area contributed by atoms with Gasteiger partial charge in [-0.2, -0.15) is 15.0 Å². The third-order valence-corrected chi connectivity index (χ3v) is 3.56. The van der Waals surface area contributed by atoms with Crippen molar-refractivity contribution in [1.29, 1.82) is 0 Å². The predicted octanol–water partition coefficient (Wildman–Crippen LogP) is 2.50. The molecule has 4 N–H and O–H groups in total. The van der Waals surface area contributed by atoms with Gasteiger partial charge in [0.05, 0.1) is 0 Å². The van der Waals surface area contributed by atoms with E-state index in [2.05, 4.69) is 15.0 Å². The number of carbonyl (C=O) groups is 1. The van der Waals surface area contributed by atoms with Crippen LogP contribution < -0.4 is 16.2 Å². The number of hydrogen-bond acceptors (Lipinski definition) is 7. The highest BCUT2D eigenvalue weighted by molar-refractivity contribution is 6.30. The summed E-state index contributed by atoms with van der Waals surface area (Å²) in [5.41, 5.74) is 12.1. The van der Waals surface area contributed by atoms with Gasteiger partial charge in [0.1, 0.15) is 12.4 Å². The van der Waals surface area contributed by atoms with Gasteiger partial charge in [-0.05, 0) is 48.5 Å². The first-order chi connectivity index (χ1) is 12.0. The number of nitrogens with two attached hydrogens (primary N) is 2. The van der Waals surface area contributed by atoms with Crippen molar-refractivity contribution < 1.29 is 9.53 Å². The van der Waals surface area contributed by atoms with Gasteiger partial charge in [0.15, 0.2) is 11.6 Å². The Morgan fingerprint density at radius 3 is 1.96 bits per heavy atom. The minimum Gasteiger partial charge on any atom is -0.486 e. The zero-order chi connectivity index (χ0) is 17.8. The Kier molecular flexibility index (Phi) is 4.76. The van der Waals surface area contributed by atoms with Crippen LogP contribution in [0.5, 0.6) is 5.75 Å². The van der Waals surface area contributed by atoms with Gasteiger partial charge in [0, 0.05) is 16.1 Å². The van der Waals surface area contributed by atoms with Gasteiger partial charge in [-0.25, -0.2) is 0 Å².